The van der Waals surface area contributed by atoms with Crippen molar-refractivity contribution >= 4 is 23.9 Å². The minimum absolute atomic E-state index is 0.0339. The molecule has 0 radical (unpaired) electrons. The first kappa shape index (κ1) is 28.7. The summed E-state index contributed by atoms with van der Waals surface area (Å²) in [6.07, 6.45) is 9.46. The van der Waals surface area contributed by atoms with Crippen LogP contribution in [-0.4, -0.2) is 77.4 Å². The number of allylic oxidation sites excluding steroid dienone is 1. The van der Waals surface area contributed by atoms with E-state index in [4.69, 9.17) is 9.47 Å². The Morgan fingerprint density at radius 1 is 1.16 bits per heavy atom. The van der Waals surface area contributed by atoms with E-state index in [1.165, 1.54) is 12.0 Å². The highest BCUT2D eigenvalue weighted by Crippen LogP contribution is 2.45. The van der Waals surface area contributed by atoms with Crippen molar-refractivity contribution < 1.29 is 33.8 Å². The molecule has 0 unspecified atom stereocenters. The Labute approximate surface area is 218 Å². The fourth-order valence-electron chi connectivity index (χ4n) is 5.40. The minimum Gasteiger partial charge on any atom is -0.467 e. The van der Waals surface area contributed by atoms with Crippen molar-refractivity contribution in [2.75, 3.05) is 13.7 Å². The Morgan fingerprint density at radius 2 is 1.89 bits per heavy atom. The summed E-state index contributed by atoms with van der Waals surface area (Å²) in [5.74, 6) is -1.84. The molecule has 1 heterocycles. The molecule has 0 bridgehead atoms. The second-order valence-corrected chi connectivity index (χ2v) is 10.3. The van der Waals surface area contributed by atoms with Crippen molar-refractivity contribution in [2.45, 2.75) is 100 Å². The molecule has 2 aliphatic carbocycles. The molecular formula is C27H41N3O7. The Balaban J connectivity index is 1.69. The number of alkyl carbamates (subject to hydrolysis) is 1. The Hall–Kier alpha value is -2.88. The van der Waals surface area contributed by atoms with Crippen LogP contribution in [0.3, 0.4) is 0 Å². The maximum Gasteiger partial charge on any atom is 0.408 e. The predicted molar refractivity (Wildman–Crippen MR) is 136 cm³/mol. The van der Waals surface area contributed by atoms with Gasteiger partial charge in [0.05, 0.1) is 13.2 Å². The number of esters is 1. The van der Waals surface area contributed by atoms with Crippen LogP contribution >= 0.6 is 0 Å². The molecule has 3 amide bonds. The van der Waals surface area contributed by atoms with E-state index in [1.807, 2.05) is 6.08 Å². The van der Waals surface area contributed by atoms with Crippen LogP contribution in [0.25, 0.3) is 0 Å². The summed E-state index contributed by atoms with van der Waals surface area (Å²) in [7, 11) is 1.25. The van der Waals surface area contributed by atoms with Gasteiger partial charge in [-0.15, -0.1) is 13.2 Å². The standard InChI is InChI=1S/C27H41N3O7/c1-4-6-7-8-9-14-21(28-26(35)37-20-12-10-11-13-20)24(33)30-17-19(31)15-22(30)23(32)29-27(25(34)36-3)16-18(27)5-2/h4-5,18-22,31H,1-2,6-17H2,3H3,(H,28,35)(H,29,32)/t18-,19-,21+,22+,27-/m1/s1. The third-order valence-electron chi connectivity index (χ3n) is 7.63. The average Bonchev–Trinajstić information content (AvgIpc) is 3.17. The first-order valence-electron chi connectivity index (χ1n) is 13.3. The maximum atomic E-state index is 13.6. The number of aliphatic hydroxyl groups is 1. The lowest BCUT2D eigenvalue weighted by Gasteiger charge is -2.29. The van der Waals surface area contributed by atoms with Crippen LogP contribution in [0.1, 0.15) is 70.6 Å². The van der Waals surface area contributed by atoms with E-state index in [0.29, 0.717) is 19.3 Å². The van der Waals surface area contributed by atoms with Gasteiger partial charge in [0.15, 0.2) is 0 Å². The number of nitrogens with one attached hydrogen (secondary N) is 2. The third-order valence-corrected chi connectivity index (χ3v) is 7.63. The fourth-order valence-corrected chi connectivity index (χ4v) is 5.40. The van der Waals surface area contributed by atoms with Gasteiger partial charge in [-0.1, -0.05) is 25.0 Å². The Bertz CT molecular complexity index is 872. The van der Waals surface area contributed by atoms with Crippen molar-refractivity contribution in [3.05, 3.63) is 25.3 Å². The number of likely N-dealkylation sites (tertiary alicyclic amines) is 1. The van der Waals surface area contributed by atoms with Gasteiger partial charge >= 0.3 is 12.1 Å². The quantitative estimate of drug-likeness (QED) is 0.193. The van der Waals surface area contributed by atoms with Gasteiger partial charge in [0.25, 0.3) is 0 Å². The van der Waals surface area contributed by atoms with Crippen LogP contribution in [0.2, 0.25) is 0 Å². The second kappa shape index (κ2) is 13.1. The molecule has 0 aromatic carbocycles. The third kappa shape index (κ3) is 7.12. The van der Waals surface area contributed by atoms with Crippen LogP contribution in [0, 0.1) is 5.92 Å². The van der Waals surface area contributed by atoms with E-state index in [9.17, 15) is 24.3 Å². The van der Waals surface area contributed by atoms with Crippen molar-refractivity contribution in [3.63, 3.8) is 0 Å². The number of methoxy groups -OCH3 is 1. The highest BCUT2D eigenvalue weighted by molar-refractivity contribution is 5.96. The van der Waals surface area contributed by atoms with Gasteiger partial charge in [-0.3, -0.25) is 9.59 Å². The van der Waals surface area contributed by atoms with Crippen LogP contribution in [0.5, 0.6) is 0 Å². The summed E-state index contributed by atoms with van der Waals surface area (Å²) in [4.78, 5) is 53.2. The molecule has 37 heavy (non-hydrogen) atoms. The van der Waals surface area contributed by atoms with Gasteiger partial charge in [0.1, 0.15) is 23.7 Å². The number of unbranched alkanes of at least 4 members (excludes halogenated alkanes) is 3. The normalized spacial score (nSPS) is 27.7. The Kier molecular flexibility index (Phi) is 10.1. The first-order chi connectivity index (χ1) is 17.7. The average molecular weight is 520 g/mol. The number of carbonyl (C=O) groups excluding carboxylic acids is 4. The van der Waals surface area contributed by atoms with Gasteiger partial charge in [0, 0.05) is 18.9 Å². The molecule has 3 rings (SSSR count). The van der Waals surface area contributed by atoms with E-state index >= 15 is 0 Å². The topological polar surface area (TPSA) is 134 Å². The number of carbonyl (C=O) groups is 4. The maximum absolute atomic E-state index is 13.6. The first-order valence-corrected chi connectivity index (χ1v) is 13.3. The molecular weight excluding hydrogens is 478 g/mol. The van der Waals surface area contributed by atoms with Gasteiger partial charge in [-0.05, 0) is 51.4 Å². The lowest BCUT2D eigenvalue weighted by molar-refractivity contribution is -0.148. The molecule has 1 aliphatic heterocycles. The van der Waals surface area contributed by atoms with Crippen molar-refractivity contribution in [1.29, 1.82) is 0 Å². The smallest absolute Gasteiger partial charge is 0.408 e. The molecule has 0 aromatic rings. The molecule has 10 heteroatoms. The molecule has 0 spiro atoms. The van der Waals surface area contributed by atoms with E-state index in [1.54, 1.807) is 6.08 Å². The lowest BCUT2D eigenvalue weighted by atomic mass is 10.0. The summed E-state index contributed by atoms with van der Waals surface area (Å²) < 4.78 is 10.4. The second-order valence-electron chi connectivity index (χ2n) is 10.3. The number of hydrogen-bond donors (Lipinski definition) is 3. The van der Waals surface area contributed by atoms with E-state index < -0.39 is 47.6 Å². The number of rotatable bonds is 13. The fraction of sp³-hybridized carbons (Fsp3) is 0.704. The number of hydrogen-bond acceptors (Lipinski definition) is 7. The zero-order valence-electron chi connectivity index (χ0n) is 21.8. The zero-order valence-corrected chi connectivity index (χ0v) is 21.8. The summed E-state index contributed by atoms with van der Waals surface area (Å²) in [6.45, 7) is 7.39. The van der Waals surface area contributed by atoms with Gasteiger partial charge in [0.2, 0.25) is 11.8 Å². The zero-order chi connectivity index (χ0) is 27.0. The minimum atomic E-state index is -1.20. The number of nitrogens with zero attached hydrogens (tertiary/aromatic N) is 1. The lowest BCUT2D eigenvalue weighted by Crippen LogP contribution is -2.56. The largest absolute Gasteiger partial charge is 0.467 e. The van der Waals surface area contributed by atoms with Crippen LogP contribution in [0.15, 0.2) is 25.3 Å². The van der Waals surface area contributed by atoms with Crippen molar-refractivity contribution in [1.82, 2.24) is 15.5 Å². The van der Waals surface area contributed by atoms with Crippen molar-refractivity contribution in [3.8, 4) is 0 Å². The molecule has 3 aliphatic rings. The molecule has 2 saturated carbocycles. The summed E-state index contributed by atoms with van der Waals surface area (Å²) >= 11 is 0. The molecule has 10 nitrogen and oxygen atoms in total. The molecule has 3 N–H and O–H groups in total. The molecule has 206 valence electrons. The highest BCUT2D eigenvalue weighted by atomic mass is 16.6. The highest BCUT2D eigenvalue weighted by Gasteiger charge is 2.61. The molecule has 1 saturated heterocycles. The van der Waals surface area contributed by atoms with Gasteiger partial charge in [-0.2, -0.15) is 0 Å². The molecule has 3 fully saturated rings. The van der Waals surface area contributed by atoms with Crippen LogP contribution in [-0.2, 0) is 23.9 Å². The van der Waals surface area contributed by atoms with Crippen LogP contribution in [0.4, 0.5) is 4.79 Å². The van der Waals surface area contributed by atoms with Crippen molar-refractivity contribution in [2.24, 2.45) is 5.92 Å². The summed E-state index contributed by atoms with van der Waals surface area (Å²) in [5, 5.41) is 15.8. The SMILES string of the molecule is C=CCCCCC[C@H](NC(=O)OC1CCCC1)C(=O)N1C[C@H](O)C[C@H]1C(=O)N[C@]1(C(=O)OC)C[C@H]1C=C. The van der Waals surface area contributed by atoms with Crippen LogP contribution < -0.4 is 10.6 Å². The Morgan fingerprint density at radius 3 is 2.51 bits per heavy atom. The van der Waals surface area contributed by atoms with E-state index in [-0.39, 0.29) is 25.0 Å². The predicted octanol–water partition coefficient (Wildman–Crippen LogP) is 2.36. The monoisotopic (exact) mass is 519 g/mol. The number of ether oxygens (including phenoxy) is 2. The number of aliphatic hydroxyl groups excluding tert-OH is 1. The molecule has 5 atom stereocenters. The van der Waals surface area contributed by atoms with E-state index in [0.717, 1.165) is 44.9 Å². The summed E-state index contributed by atoms with van der Waals surface area (Å²) in [6, 6.07) is -1.87. The van der Waals surface area contributed by atoms with Gasteiger partial charge in [-0.25, -0.2) is 9.59 Å². The molecule has 0 aromatic heterocycles. The van der Waals surface area contributed by atoms with Gasteiger partial charge < -0.3 is 30.1 Å². The number of amides is 3. The number of β-amino-alcohol motifs (C(OH)–C–C–N with tert-alkyl or cyclic N) is 1. The summed E-state index contributed by atoms with van der Waals surface area (Å²) in [5.41, 5.74) is -1.20. The van der Waals surface area contributed by atoms with E-state index in [2.05, 4.69) is 23.8 Å².